The summed E-state index contributed by atoms with van der Waals surface area (Å²) in [5.41, 5.74) is 2.44. The summed E-state index contributed by atoms with van der Waals surface area (Å²) in [6.45, 7) is 8.18. The highest BCUT2D eigenvalue weighted by atomic mass is 16.6. The molecule has 3 heterocycles. The fourth-order valence-electron chi connectivity index (χ4n) is 5.87. The molecule has 1 atom stereocenters. The maximum Gasteiger partial charge on any atom is 0.414 e. The third kappa shape index (κ3) is 10.7. The van der Waals surface area contributed by atoms with E-state index in [4.69, 9.17) is 14.2 Å². The van der Waals surface area contributed by atoms with E-state index in [0.29, 0.717) is 12.6 Å². The predicted octanol–water partition coefficient (Wildman–Crippen LogP) is 5.29. The van der Waals surface area contributed by atoms with Crippen molar-refractivity contribution in [2.45, 2.75) is 57.8 Å². The molecule has 3 aliphatic rings. The first-order valence-electron chi connectivity index (χ1n) is 16.4. The van der Waals surface area contributed by atoms with Crippen molar-refractivity contribution >= 4 is 35.0 Å². The molecule has 3 amide bonds. The number of anilines is 3. The summed E-state index contributed by atoms with van der Waals surface area (Å²) in [5.74, 6) is 1.53. The van der Waals surface area contributed by atoms with Gasteiger partial charge in [-0.05, 0) is 99.4 Å². The molecule has 0 aliphatic carbocycles. The highest BCUT2D eigenvalue weighted by Crippen LogP contribution is 2.25. The summed E-state index contributed by atoms with van der Waals surface area (Å²) >= 11 is 0. The first-order valence-corrected chi connectivity index (χ1v) is 16.4. The summed E-state index contributed by atoms with van der Waals surface area (Å²) in [4.78, 5) is 38.2. The number of nitrogens with one attached hydrogen (secondary N) is 3. The Balaban J connectivity index is 0.000000216. The zero-order valence-corrected chi connectivity index (χ0v) is 27.2. The van der Waals surface area contributed by atoms with Gasteiger partial charge in [0.1, 0.15) is 29.8 Å². The van der Waals surface area contributed by atoms with Gasteiger partial charge in [0.15, 0.2) is 0 Å². The number of carbonyl (C=O) groups is 3. The van der Waals surface area contributed by atoms with E-state index in [0.717, 1.165) is 87.0 Å². The molecule has 0 radical (unpaired) electrons. The number of hydrogen-bond donors (Lipinski definition) is 3. The van der Waals surface area contributed by atoms with Gasteiger partial charge in [-0.15, -0.1) is 0 Å². The highest BCUT2D eigenvalue weighted by Gasteiger charge is 2.34. The number of para-hydroxylation sites is 1. The van der Waals surface area contributed by atoms with Crippen molar-refractivity contribution in [1.82, 2.24) is 10.2 Å². The molecule has 11 nitrogen and oxygen atoms in total. The van der Waals surface area contributed by atoms with Crippen molar-refractivity contribution in [3.05, 3.63) is 78.9 Å². The van der Waals surface area contributed by atoms with Gasteiger partial charge in [-0.1, -0.05) is 18.2 Å². The van der Waals surface area contributed by atoms with Crippen molar-refractivity contribution in [2.24, 2.45) is 0 Å². The van der Waals surface area contributed by atoms with Crippen molar-refractivity contribution < 1.29 is 28.6 Å². The second-order valence-corrected chi connectivity index (χ2v) is 12.0. The molecule has 11 heteroatoms. The number of carbonyl (C=O) groups excluding carboxylic acids is 3. The third-order valence-electron chi connectivity index (χ3n) is 8.18. The fraction of sp³-hybridized carbons (Fsp3) is 0.417. The van der Waals surface area contributed by atoms with Gasteiger partial charge in [0.05, 0.1) is 6.54 Å². The molecular formula is C36H45N5O6. The molecule has 0 unspecified atom stereocenters. The fourth-order valence-corrected chi connectivity index (χ4v) is 5.87. The standard InChI is InChI=1S/C23H27N3O4.C13H18N2O2/c1-17(27)24-18-7-9-20(10-8-18)29-21-11-13-25(14-12-21)15-22-16-26(23(28)30-22)19-5-3-2-4-6-19;1-10(16)15-11-2-4-12(5-3-11)17-13-6-8-14-9-7-13/h2-10,21-22H,11-16H2,1H3,(H,24,27);2-5,13-14H,6-9H2,1H3,(H,15,16)/t22-;/m0./s1. The van der Waals surface area contributed by atoms with Crippen LogP contribution in [-0.4, -0.2) is 80.4 Å². The average Bonchev–Trinajstić information content (AvgIpc) is 3.44. The highest BCUT2D eigenvalue weighted by molar-refractivity contribution is 5.90. The lowest BCUT2D eigenvalue weighted by atomic mass is 10.1. The van der Waals surface area contributed by atoms with Crippen LogP contribution in [0.4, 0.5) is 21.9 Å². The van der Waals surface area contributed by atoms with E-state index in [1.165, 1.54) is 13.8 Å². The van der Waals surface area contributed by atoms with Crippen LogP contribution in [0.2, 0.25) is 0 Å². The van der Waals surface area contributed by atoms with Crippen LogP contribution in [0.25, 0.3) is 0 Å². The molecule has 0 bridgehead atoms. The first kappa shape index (κ1) is 33.7. The molecule has 3 saturated heterocycles. The molecule has 3 N–H and O–H groups in total. The molecule has 0 saturated carbocycles. The predicted molar refractivity (Wildman–Crippen MR) is 182 cm³/mol. The van der Waals surface area contributed by atoms with Crippen LogP contribution in [0.3, 0.4) is 0 Å². The summed E-state index contributed by atoms with van der Waals surface area (Å²) in [7, 11) is 0. The lowest BCUT2D eigenvalue weighted by molar-refractivity contribution is -0.115. The van der Waals surface area contributed by atoms with E-state index in [1.807, 2.05) is 78.9 Å². The molecule has 0 spiro atoms. The van der Waals surface area contributed by atoms with Gasteiger partial charge < -0.3 is 30.2 Å². The van der Waals surface area contributed by atoms with Gasteiger partial charge in [-0.25, -0.2) is 4.79 Å². The summed E-state index contributed by atoms with van der Waals surface area (Å²) in [6, 6.07) is 24.6. The topological polar surface area (TPSA) is 121 Å². The number of hydrogen-bond acceptors (Lipinski definition) is 8. The Morgan fingerprint density at radius 1 is 0.766 bits per heavy atom. The lowest BCUT2D eigenvalue weighted by Gasteiger charge is -2.33. The van der Waals surface area contributed by atoms with Gasteiger partial charge >= 0.3 is 6.09 Å². The minimum absolute atomic E-state index is 0.0583. The third-order valence-corrected chi connectivity index (χ3v) is 8.18. The zero-order valence-electron chi connectivity index (χ0n) is 27.2. The van der Waals surface area contributed by atoms with Gasteiger partial charge in [-0.2, -0.15) is 0 Å². The number of likely N-dealkylation sites (tertiary alicyclic amines) is 1. The Labute approximate surface area is 276 Å². The Hall–Kier alpha value is -4.61. The molecule has 3 aliphatic heterocycles. The zero-order chi connectivity index (χ0) is 33.0. The second-order valence-electron chi connectivity index (χ2n) is 12.0. The van der Waals surface area contributed by atoms with E-state index in [-0.39, 0.29) is 30.1 Å². The number of benzene rings is 3. The summed E-state index contributed by atoms with van der Waals surface area (Å²) in [5, 5.41) is 8.79. The van der Waals surface area contributed by atoms with Gasteiger partial charge in [-0.3, -0.25) is 19.4 Å². The molecule has 250 valence electrons. The number of nitrogens with zero attached hydrogens (tertiary/aromatic N) is 2. The molecule has 3 fully saturated rings. The van der Waals surface area contributed by atoms with Crippen LogP contribution < -0.4 is 30.3 Å². The lowest BCUT2D eigenvalue weighted by Crippen LogP contribution is -2.42. The largest absolute Gasteiger partial charge is 0.490 e. The summed E-state index contributed by atoms with van der Waals surface area (Å²) in [6.07, 6.45) is 4.04. The Bertz CT molecular complexity index is 1440. The van der Waals surface area contributed by atoms with E-state index in [1.54, 1.807) is 4.90 Å². The second kappa shape index (κ2) is 16.8. The number of amides is 3. The van der Waals surface area contributed by atoms with Crippen molar-refractivity contribution in [3.63, 3.8) is 0 Å². The number of rotatable bonds is 9. The van der Waals surface area contributed by atoms with E-state index < -0.39 is 0 Å². The quantitative estimate of drug-likeness (QED) is 0.288. The minimum atomic E-state index is -0.271. The molecular weight excluding hydrogens is 598 g/mol. The Kier molecular flexibility index (Phi) is 12.1. The average molecular weight is 644 g/mol. The van der Waals surface area contributed by atoms with Gasteiger partial charge in [0.2, 0.25) is 11.8 Å². The van der Waals surface area contributed by atoms with Crippen LogP contribution in [0.1, 0.15) is 39.5 Å². The van der Waals surface area contributed by atoms with Gasteiger partial charge in [0, 0.05) is 50.5 Å². The normalized spacial score (nSPS) is 18.8. The molecule has 6 rings (SSSR count). The van der Waals surface area contributed by atoms with Gasteiger partial charge in [0.25, 0.3) is 0 Å². The smallest absolute Gasteiger partial charge is 0.414 e. The van der Waals surface area contributed by atoms with E-state index in [9.17, 15) is 14.4 Å². The summed E-state index contributed by atoms with van der Waals surface area (Å²) < 4.78 is 17.5. The molecule has 3 aromatic rings. The van der Waals surface area contributed by atoms with E-state index in [2.05, 4.69) is 20.9 Å². The number of piperidine rings is 2. The van der Waals surface area contributed by atoms with Crippen LogP contribution in [0, 0.1) is 0 Å². The Morgan fingerprint density at radius 3 is 1.79 bits per heavy atom. The maximum absolute atomic E-state index is 12.2. The van der Waals surface area contributed by atoms with E-state index >= 15 is 0 Å². The van der Waals surface area contributed by atoms with Crippen molar-refractivity contribution in [1.29, 1.82) is 0 Å². The maximum atomic E-state index is 12.2. The molecule has 47 heavy (non-hydrogen) atoms. The van der Waals surface area contributed by atoms with Crippen LogP contribution >= 0.6 is 0 Å². The SMILES string of the molecule is CC(=O)Nc1ccc(OC2CCN(C[C@H]3CN(c4ccccc4)C(=O)O3)CC2)cc1.CC(=O)Nc1ccc(OC2CCNCC2)cc1. The Morgan fingerprint density at radius 2 is 1.28 bits per heavy atom. The first-order chi connectivity index (χ1) is 22.8. The number of ether oxygens (including phenoxy) is 3. The minimum Gasteiger partial charge on any atom is -0.490 e. The van der Waals surface area contributed by atoms with Crippen LogP contribution in [0.5, 0.6) is 11.5 Å². The molecule has 3 aromatic carbocycles. The van der Waals surface area contributed by atoms with Crippen LogP contribution in [0.15, 0.2) is 78.9 Å². The van der Waals surface area contributed by atoms with Crippen molar-refractivity contribution in [3.8, 4) is 11.5 Å². The molecule has 0 aromatic heterocycles. The van der Waals surface area contributed by atoms with Crippen LogP contribution in [-0.2, 0) is 14.3 Å². The monoisotopic (exact) mass is 643 g/mol. The van der Waals surface area contributed by atoms with Crippen molar-refractivity contribution in [2.75, 3.05) is 54.8 Å². The number of cyclic esters (lactones) is 1.